The van der Waals surface area contributed by atoms with E-state index in [1.807, 2.05) is 0 Å². The Balaban J connectivity index is 1.79. The largest absolute Gasteiger partial charge is 0.467 e. The summed E-state index contributed by atoms with van der Waals surface area (Å²) in [4.78, 5) is 11.8. The Hall–Kier alpha value is -1.69. The van der Waals surface area contributed by atoms with E-state index in [-0.39, 0.29) is 18.9 Å². The van der Waals surface area contributed by atoms with Gasteiger partial charge in [0.25, 0.3) is 0 Å². The van der Waals surface area contributed by atoms with E-state index in [0.717, 1.165) is 0 Å². The molecule has 0 spiro atoms. The lowest BCUT2D eigenvalue weighted by molar-refractivity contribution is -0.117. The van der Waals surface area contributed by atoms with Crippen molar-refractivity contribution >= 4 is 40.5 Å². The number of amides is 1. The lowest BCUT2D eigenvalue weighted by atomic mass is 10.2. The van der Waals surface area contributed by atoms with Gasteiger partial charge >= 0.3 is 0 Å². The molecule has 0 bridgehead atoms. The molecule has 0 aliphatic rings. The van der Waals surface area contributed by atoms with Crippen LogP contribution in [0.3, 0.4) is 0 Å². The number of furan rings is 1. The molecular weight excluding hydrogens is 315 g/mol. The molecule has 2 rings (SSSR count). The highest BCUT2D eigenvalue weighted by Gasteiger charge is 2.10. The van der Waals surface area contributed by atoms with Gasteiger partial charge < -0.3 is 20.2 Å². The van der Waals surface area contributed by atoms with Crippen LogP contribution in [0.4, 0.5) is 11.4 Å². The van der Waals surface area contributed by atoms with E-state index in [2.05, 4.69) is 5.32 Å². The third kappa shape index (κ3) is 4.67. The Morgan fingerprint density at radius 3 is 2.86 bits per heavy atom. The molecule has 0 saturated heterocycles. The topological polar surface area (TPSA) is 77.5 Å². The summed E-state index contributed by atoms with van der Waals surface area (Å²) < 4.78 is 10.4. The Morgan fingerprint density at radius 2 is 2.19 bits per heavy atom. The van der Waals surface area contributed by atoms with Crippen molar-refractivity contribution in [2.45, 2.75) is 13.0 Å². The van der Waals surface area contributed by atoms with Gasteiger partial charge in [0.2, 0.25) is 5.91 Å². The van der Waals surface area contributed by atoms with Crippen molar-refractivity contribution in [3.8, 4) is 0 Å². The van der Waals surface area contributed by atoms with Gasteiger partial charge in [-0.05, 0) is 24.3 Å². The second kappa shape index (κ2) is 7.36. The number of hydrogen-bond donors (Lipinski definition) is 2. The van der Waals surface area contributed by atoms with Gasteiger partial charge in [-0.25, -0.2) is 0 Å². The summed E-state index contributed by atoms with van der Waals surface area (Å²) in [7, 11) is 0. The highest BCUT2D eigenvalue weighted by Crippen LogP contribution is 2.32. The smallest absolute Gasteiger partial charge is 0.226 e. The van der Waals surface area contributed by atoms with E-state index in [9.17, 15) is 4.79 Å². The van der Waals surface area contributed by atoms with Gasteiger partial charge in [0.1, 0.15) is 12.4 Å². The first kappa shape index (κ1) is 15.7. The zero-order valence-corrected chi connectivity index (χ0v) is 12.6. The molecule has 0 radical (unpaired) electrons. The van der Waals surface area contributed by atoms with Crippen LogP contribution in [0.2, 0.25) is 10.0 Å². The third-order valence-electron chi connectivity index (χ3n) is 2.65. The maximum Gasteiger partial charge on any atom is 0.226 e. The van der Waals surface area contributed by atoms with Crippen molar-refractivity contribution < 1.29 is 13.9 Å². The van der Waals surface area contributed by atoms with Crippen LogP contribution in [-0.4, -0.2) is 12.5 Å². The number of rotatable bonds is 6. The first-order valence-electron chi connectivity index (χ1n) is 6.21. The number of benzene rings is 1. The van der Waals surface area contributed by atoms with Crippen LogP contribution >= 0.6 is 23.2 Å². The monoisotopic (exact) mass is 328 g/mol. The van der Waals surface area contributed by atoms with Crippen molar-refractivity contribution in [2.24, 2.45) is 0 Å². The summed E-state index contributed by atoms with van der Waals surface area (Å²) in [5.74, 6) is 0.464. The maximum atomic E-state index is 11.8. The van der Waals surface area contributed by atoms with Gasteiger partial charge in [0.05, 0.1) is 35.7 Å². The average Bonchev–Trinajstić information content (AvgIpc) is 2.92. The molecule has 1 heterocycles. The molecule has 1 amide bonds. The second-order valence-corrected chi connectivity index (χ2v) is 5.13. The van der Waals surface area contributed by atoms with E-state index in [1.54, 1.807) is 18.4 Å². The molecule has 0 saturated carbocycles. The normalized spacial score (nSPS) is 10.6. The lowest BCUT2D eigenvalue weighted by Crippen LogP contribution is -2.15. The minimum Gasteiger partial charge on any atom is -0.467 e. The Bertz CT molecular complexity index is 592. The van der Waals surface area contributed by atoms with E-state index in [0.29, 0.717) is 33.8 Å². The van der Waals surface area contributed by atoms with Crippen molar-refractivity contribution in [2.75, 3.05) is 17.7 Å². The van der Waals surface area contributed by atoms with Crippen LogP contribution in [0.25, 0.3) is 0 Å². The van der Waals surface area contributed by atoms with E-state index < -0.39 is 0 Å². The molecular formula is C14H14Cl2N2O3. The Morgan fingerprint density at radius 1 is 1.38 bits per heavy atom. The Kier molecular flexibility index (Phi) is 5.50. The maximum absolute atomic E-state index is 11.8. The first-order chi connectivity index (χ1) is 10.1. The second-order valence-electron chi connectivity index (χ2n) is 4.28. The number of ether oxygens (including phenoxy) is 1. The minimum absolute atomic E-state index is 0.180. The van der Waals surface area contributed by atoms with Crippen LogP contribution in [0.15, 0.2) is 34.9 Å². The molecule has 1 aromatic heterocycles. The third-order valence-corrected chi connectivity index (χ3v) is 3.16. The van der Waals surface area contributed by atoms with Gasteiger partial charge in [-0.3, -0.25) is 4.79 Å². The summed E-state index contributed by atoms with van der Waals surface area (Å²) in [5, 5.41) is 3.35. The van der Waals surface area contributed by atoms with Crippen molar-refractivity contribution in [1.29, 1.82) is 0 Å². The lowest BCUT2D eigenvalue weighted by Gasteiger charge is -2.10. The van der Waals surface area contributed by atoms with Gasteiger partial charge in [-0.1, -0.05) is 23.2 Å². The predicted molar refractivity (Wildman–Crippen MR) is 82.5 cm³/mol. The fraction of sp³-hybridized carbons (Fsp3) is 0.214. The Labute approximate surface area is 132 Å². The molecule has 3 N–H and O–H groups in total. The highest BCUT2D eigenvalue weighted by molar-refractivity contribution is 6.37. The first-order valence-corrected chi connectivity index (χ1v) is 6.96. The van der Waals surface area contributed by atoms with Crippen molar-refractivity contribution in [3.63, 3.8) is 0 Å². The molecule has 1 aromatic carbocycles. The van der Waals surface area contributed by atoms with E-state index in [1.165, 1.54) is 12.1 Å². The highest BCUT2D eigenvalue weighted by atomic mass is 35.5. The summed E-state index contributed by atoms with van der Waals surface area (Å²) in [6, 6.07) is 6.61. The van der Waals surface area contributed by atoms with Crippen LogP contribution in [0.1, 0.15) is 12.2 Å². The number of carbonyl (C=O) groups excluding carboxylic acids is 1. The zero-order valence-electron chi connectivity index (χ0n) is 11.1. The number of nitrogen functional groups attached to an aromatic ring is 1. The molecule has 0 unspecified atom stereocenters. The van der Waals surface area contributed by atoms with Crippen molar-refractivity contribution in [1.82, 2.24) is 0 Å². The standard InChI is InChI=1S/C14H14Cl2N2O3/c15-9-6-11(16)14(12(17)7-9)18-13(19)3-5-20-8-10-2-1-4-21-10/h1-2,4,6-7H,3,5,8,17H2,(H,18,19). The quantitative estimate of drug-likeness (QED) is 0.625. The molecule has 0 atom stereocenters. The summed E-state index contributed by atoms with van der Waals surface area (Å²) in [6.07, 6.45) is 1.75. The molecule has 0 fully saturated rings. The van der Waals surface area contributed by atoms with Gasteiger partial charge in [0.15, 0.2) is 0 Å². The number of carbonyl (C=O) groups is 1. The number of hydrogen-bond acceptors (Lipinski definition) is 4. The fourth-order valence-corrected chi connectivity index (χ4v) is 2.22. The van der Waals surface area contributed by atoms with Crippen LogP contribution in [-0.2, 0) is 16.1 Å². The number of nitrogens with two attached hydrogens (primary N) is 1. The van der Waals surface area contributed by atoms with Crippen molar-refractivity contribution in [3.05, 3.63) is 46.3 Å². The molecule has 21 heavy (non-hydrogen) atoms. The zero-order chi connectivity index (χ0) is 15.2. The number of nitrogens with one attached hydrogen (secondary N) is 1. The van der Waals surface area contributed by atoms with Gasteiger partial charge in [0, 0.05) is 5.02 Å². The minimum atomic E-state index is -0.245. The van der Waals surface area contributed by atoms with Gasteiger partial charge in [-0.2, -0.15) is 0 Å². The number of anilines is 2. The summed E-state index contributed by atoms with van der Waals surface area (Å²) >= 11 is 11.8. The van der Waals surface area contributed by atoms with Crippen LogP contribution in [0, 0.1) is 0 Å². The predicted octanol–water partition coefficient (Wildman–Crippen LogP) is 3.71. The fourth-order valence-electron chi connectivity index (χ4n) is 1.66. The molecule has 2 aromatic rings. The summed E-state index contributed by atoms with van der Waals surface area (Å²) in [6.45, 7) is 0.585. The van der Waals surface area contributed by atoms with E-state index >= 15 is 0 Å². The van der Waals surface area contributed by atoms with E-state index in [4.69, 9.17) is 38.1 Å². The molecule has 112 valence electrons. The van der Waals surface area contributed by atoms with Crippen LogP contribution < -0.4 is 11.1 Å². The molecule has 0 aliphatic carbocycles. The SMILES string of the molecule is Nc1cc(Cl)cc(Cl)c1NC(=O)CCOCc1ccco1. The molecule has 0 aliphatic heterocycles. The molecule has 5 nitrogen and oxygen atoms in total. The summed E-state index contributed by atoms with van der Waals surface area (Å²) in [5.41, 5.74) is 6.44. The number of halogens is 2. The van der Waals surface area contributed by atoms with Gasteiger partial charge in [-0.15, -0.1) is 0 Å². The average molecular weight is 329 g/mol. The molecule has 7 heteroatoms. The van der Waals surface area contributed by atoms with Crippen LogP contribution in [0.5, 0.6) is 0 Å².